The van der Waals surface area contributed by atoms with Crippen LogP contribution in [0, 0.1) is 17.0 Å². The average molecular weight is 728 g/mol. The summed E-state index contributed by atoms with van der Waals surface area (Å²) in [7, 11) is 0. The molecular weight excluding hydrogens is 694 g/mol. The molecule has 0 aliphatic heterocycles. The summed E-state index contributed by atoms with van der Waals surface area (Å²) in [5.41, 5.74) is 7.09. The molecule has 13 nitrogen and oxygen atoms in total. The number of benzene rings is 6. The van der Waals surface area contributed by atoms with Crippen molar-refractivity contribution < 1.29 is 44.1 Å². The topological polar surface area (TPSA) is 179 Å². The van der Waals surface area contributed by atoms with Crippen molar-refractivity contribution in [1.29, 1.82) is 0 Å². The summed E-state index contributed by atoms with van der Waals surface area (Å²) in [5, 5.41) is 32.2. The molecule has 0 saturated carbocycles. The SMILES string of the molecule is Cc1cccc(COO)c1CONc1ccc(Oc2ccc(-c3ccc(Oc4ccc(NC(=O)c5c(C(=O)O)cccc5[N+](=O)[O-])cc4)cc3)cc2)cc1. The first-order valence-corrected chi connectivity index (χ1v) is 16.5. The summed E-state index contributed by atoms with van der Waals surface area (Å²) < 4.78 is 12.0. The largest absolute Gasteiger partial charge is 0.478 e. The zero-order chi connectivity index (χ0) is 38.0. The number of carbonyl (C=O) groups is 2. The van der Waals surface area contributed by atoms with Crippen molar-refractivity contribution in [3.05, 3.63) is 171 Å². The molecule has 4 N–H and O–H groups in total. The van der Waals surface area contributed by atoms with Crippen LogP contribution in [0.4, 0.5) is 17.1 Å². The standard InChI is InChI=1S/C41H33N3O10/c1-26-4-2-5-29(24-52-50)37(26)25-51-43-31-14-22-35(23-15-31)54-33-18-10-28(11-19-33)27-8-16-32(17-9-27)53-34-20-12-30(13-21-34)42-40(45)39-36(41(46)47)6-3-7-38(39)44(48)49/h2-23,43,50H,24-25H2,1H3,(H,42,45)(H,46,47). The summed E-state index contributed by atoms with van der Waals surface area (Å²) in [6.07, 6.45) is 0. The van der Waals surface area contributed by atoms with E-state index in [1.54, 1.807) is 24.3 Å². The zero-order valence-corrected chi connectivity index (χ0v) is 28.7. The minimum absolute atomic E-state index is 0.0791. The molecule has 54 heavy (non-hydrogen) atoms. The minimum Gasteiger partial charge on any atom is -0.478 e. The van der Waals surface area contributed by atoms with E-state index >= 15 is 0 Å². The molecule has 6 rings (SSSR count). The molecular formula is C41H33N3O10. The number of nitro groups is 1. The third kappa shape index (κ3) is 9.05. The van der Waals surface area contributed by atoms with Crippen molar-refractivity contribution in [3.8, 4) is 34.1 Å². The first-order chi connectivity index (χ1) is 26.2. The fourth-order valence-corrected chi connectivity index (χ4v) is 5.57. The Labute approximate surface area is 309 Å². The number of hydrogen-bond acceptors (Lipinski definition) is 10. The Bertz CT molecular complexity index is 2230. The van der Waals surface area contributed by atoms with Gasteiger partial charge >= 0.3 is 5.97 Å². The molecule has 0 aliphatic carbocycles. The van der Waals surface area contributed by atoms with Gasteiger partial charge in [-0.15, -0.1) is 0 Å². The van der Waals surface area contributed by atoms with Crippen LogP contribution in [0.25, 0.3) is 11.1 Å². The minimum atomic E-state index is -1.45. The van der Waals surface area contributed by atoms with E-state index in [1.165, 1.54) is 6.07 Å². The van der Waals surface area contributed by atoms with E-state index in [4.69, 9.17) is 19.6 Å². The number of aryl methyl sites for hydroxylation is 1. The highest BCUT2D eigenvalue weighted by atomic mass is 17.1. The number of aromatic carboxylic acids is 1. The number of nitro benzene ring substituents is 1. The van der Waals surface area contributed by atoms with E-state index in [9.17, 15) is 24.8 Å². The van der Waals surface area contributed by atoms with Gasteiger partial charge in [-0.1, -0.05) is 48.5 Å². The van der Waals surface area contributed by atoms with Gasteiger partial charge in [0.1, 0.15) is 41.8 Å². The van der Waals surface area contributed by atoms with Gasteiger partial charge in [0, 0.05) is 11.8 Å². The molecule has 0 heterocycles. The van der Waals surface area contributed by atoms with Gasteiger partial charge in [0.25, 0.3) is 11.6 Å². The van der Waals surface area contributed by atoms with E-state index in [2.05, 4.69) is 15.7 Å². The molecule has 0 radical (unpaired) electrons. The quantitative estimate of drug-likeness (QED) is 0.0449. The van der Waals surface area contributed by atoms with E-state index in [0.29, 0.717) is 28.7 Å². The van der Waals surface area contributed by atoms with Crippen LogP contribution in [-0.2, 0) is 22.9 Å². The highest BCUT2D eigenvalue weighted by Gasteiger charge is 2.27. The number of carboxylic acids is 1. The molecule has 272 valence electrons. The number of anilines is 2. The van der Waals surface area contributed by atoms with Crippen molar-refractivity contribution in [3.63, 3.8) is 0 Å². The van der Waals surface area contributed by atoms with Crippen molar-refractivity contribution in [2.24, 2.45) is 0 Å². The van der Waals surface area contributed by atoms with Crippen LogP contribution in [0.3, 0.4) is 0 Å². The number of carboxylic acid groups (broad SMARTS) is 1. The number of hydrogen-bond donors (Lipinski definition) is 4. The molecule has 0 spiro atoms. The van der Waals surface area contributed by atoms with E-state index in [0.717, 1.165) is 45.6 Å². The van der Waals surface area contributed by atoms with Crippen molar-refractivity contribution in [2.45, 2.75) is 20.1 Å². The zero-order valence-electron chi connectivity index (χ0n) is 28.7. The lowest BCUT2D eigenvalue weighted by Crippen LogP contribution is -2.18. The lowest BCUT2D eigenvalue weighted by molar-refractivity contribution is -0.385. The fourth-order valence-electron chi connectivity index (χ4n) is 5.57. The second-order valence-electron chi connectivity index (χ2n) is 11.9. The highest BCUT2D eigenvalue weighted by Crippen LogP contribution is 2.30. The summed E-state index contributed by atoms with van der Waals surface area (Å²) in [6, 6.07) is 37.9. The van der Waals surface area contributed by atoms with Gasteiger partial charge in [-0.05, 0) is 114 Å². The first kappa shape index (κ1) is 36.7. The van der Waals surface area contributed by atoms with Crippen LogP contribution in [0.2, 0.25) is 0 Å². The Kier molecular flexibility index (Phi) is 11.5. The average Bonchev–Trinajstić information content (AvgIpc) is 3.17. The van der Waals surface area contributed by atoms with E-state index in [1.807, 2.05) is 97.9 Å². The molecule has 13 heteroatoms. The number of nitrogens with zero attached hydrogens (tertiary/aromatic N) is 1. The van der Waals surface area contributed by atoms with Gasteiger partial charge in [0.2, 0.25) is 0 Å². The Hall–Kier alpha value is -7.06. The van der Waals surface area contributed by atoms with Crippen LogP contribution in [0.15, 0.2) is 133 Å². The molecule has 0 saturated heterocycles. The fraction of sp³-hybridized carbons (Fsp3) is 0.0732. The molecule has 6 aromatic rings. The van der Waals surface area contributed by atoms with Crippen molar-refractivity contribution >= 4 is 28.9 Å². The number of carbonyl (C=O) groups excluding carboxylic acids is 1. The van der Waals surface area contributed by atoms with Crippen LogP contribution in [0.1, 0.15) is 37.4 Å². The first-order valence-electron chi connectivity index (χ1n) is 16.5. The molecule has 0 aliphatic rings. The summed E-state index contributed by atoms with van der Waals surface area (Å²) in [4.78, 5) is 45.1. The Balaban J connectivity index is 1.00. The maximum absolute atomic E-state index is 12.9. The Morgan fingerprint density at radius 1 is 0.685 bits per heavy atom. The predicted molar refractivity (Wildman–Crippen MR) is 200 cm³/mol. The lowest BCUT2D eigenvalue weighted by Gasteiger charge is -2.13. The van der Waals surface area contributed by atoms with Crippen molar-refractivity contribution in [2.75, 3.05) is 10.8 Å². The normalized spacial score (nSPS) is 10.7. The molecule has 0 atom stereocenters. The van der Waals surface area contributed by atoms with Gasteiger partial charge in [0.15, 0.2) is 0 Å². The third-order valence-corrected chi connectivity index (χ3v) is 8.31. The van der Waals surface area contributed by atoms with Gasteiger partial charge in [-0.3, -0.25) is 30.5 Å². The number of ether oxygens (including phenoxy) is 2. The lowest BCUT2D eigenvalue weighted by atomic mass is 10.0. The predicted octanol–water partition coefficient (Wildman–Crippen LogP) is 9.64. The highest BCUT2D eigenvalue weighted by molar-refractivity contribution is 6.13. The van der Waals surface area contributed by atoms with E-state index in [-0.39, 0.29) is 13.2 Å². The summed E-state index contributed by atoms with van der Waals surface area (Å²) in [5.74, 6) is -0.0115. The van der Waals surface area contributed by atoms with Crippen LogP contribution in [0.5, 0.6) is 23.0 Å². The number of nitrogens with one attached hydrogen (secondary N) is 2. The molecule has 0 bridgehead atoms. The van der Waals surface area contributed by atoms with E-state index < -0.39 is 33.6 Å². The second-order valence-corrected chi connectivity index (χ2v) is 11.9. The number of rotatable bonds is 15. The Morgan fingerprint density at radius 2 is 1.20 bits per heavy atom. The maximum Gasteiger partial charge on any atom is 0.336 e. The third-order valence-electron chi connectivity index (χ3n) is 8.31. The summed E-state index contributed by atoms with van der Waals surface area (Å²) in [6.45, 7) is 2.34. The second kappa shape index (κ2) is 17.0. The smallest absolute Gasteiger partial charge is 0.336 e. The van der Waals surface area contributed by atoms with Crippen LogP contribution in [-0.4, -0.2) is 27.2 Å². The van der Waals surface area contributed by atoms with Gasteiger partial charge in [-0.2, -0.15) is 0 Å². The van der Waals surface area contributed by atoms with Crippen LogP contribution < -0.4 is 20.3 Å². The monoisotopic (exact) mass is 727 g/mol. The number of amides is 1. The molecule has 0 aromatic heterocycles. The van der Waals surface area contributed by atoms with Crippen molar-refractivity contribution in [1.82, 2.24) is 0 Å². The van der Waals surface area contributed by atoms with Gasteiger partial charge in [0.05, 0.1) is 16.2 Å². The molecule has 6 aromatic carbocycles. The molecule has 0 unspecified atom stereocenters. The molecule has 0 fully saturated rings. The maximum atomic E-state index is 12.9. The van der Waals surface area contributed by atoms with Gasteiger partial charge < -0.3 is 19.9 Å². The van der Waals surface area contributed by atoms with Crippen LogP contribution >= 0.6 is 0 Å². The van der Waals surface area contributed by atoms with Gasteiger partial charge in [-0.25, -0.2) is 9.68 Å². The molecule has 1 amide bonds. The summed E-state index contributed by atoms with van der Waals surface area (Å²) >= 11 is 0. The Morgan fingerprint density at radius 3 is 1.72 bits per heavy atom.